The van der Waals surface area contributed by atoms with E-state index in [0.29, 0.717) is 24.4 Å². The van der Waals surface area contributed by atoms with Gasteiger partial charge in [0.2, 0.25) is 0 Å². The Hall–Kier alpha value is -1.58. The predicted octanol–water partition coefficient (Wildman–Crippen LogP) is 3.20. The van der Waals surface area contributed by atoms with E-state index >= 15 is 0 Å². The Morgan fingerprint density at radius 2 is 2.00 bits per heavy atom. The summed E-state index contributed by atoms with van der Waals surface area (Å²) in [4.78, 5) is 0. The second kappa shape index (κ2) is 5.81. The molecule has 2 aromatic rings. The lowest BCUT2D eigenvalue weighted by atomic mass is 9.89. The van der Waals surface area contributed by atoms with Crippen LogP contribution in [0.1, 0.15) is 25.3 Å². The van der Waals surface area contributed by atoms with Gasteiger partial charge in [-0.05, 0) is 36.6 Å². The van der Waals surface area contributed by atoms with Crippen LogP contribution in [0, 0.1) is 0 Å². The number of nitrogens with one attached hydrogen (secondary N) is 1. The first-order valence-electron chi connectivity index (χ1n) is 7.32. The van der Waals surface area contributed by atoms with Gasteiger partial charge in [-0.2, -0.15) is 0 Å². The van der Waals surface area contributed by atoms with Crippen molar-refractivity contribution in [1.29, 1.82) is 0 Å². The zero-order chi connectivity index (χ0) is 13.9. The van der Waals surface area contributed by atoms with Crippen LogP contribution in [-0.4, -0.2) is 23.9 Å². The highest BCUT2D eigenvalue weighted by Crippen LogP contribution is 2.29. The van der Waals surface area contributed by atoms with E-state index in [1.807, 2.05) is 25.1 Å². The van der Waals surface area contributed by atoms with E-state index in [4.69, 9.17) is 4.74 Å². The molecule has 3 rings (SSSR count). The summed E-state index contributed by atoms with van der Waals surface area (Å²) in [7, 11) is 0. The zero-order valence-electron chi connectivity index (χ0n) is 11.8. The molecule has 3 heteroatoms. The Kier molecular flexibility index (Phi) is 3.90. The summed E-state index contributed by atoms with van der Waals surface area (Å²) in [6.45, 7) is 3.53. The van der Waals surface area contributed by atoms with E-state index in [1.54, 1.807) is 6.07 Å². The highest BCUT2D eigenvalue weighted by molar-refractivity contribution is 5.87. The minimum Gasteiger partial charge on any atom is -0.508 e. The number of phenols is 1. The van der Waals surface area contributed by atoms with Crippen molar-refractivity contribution in [2.24, 2.45) is 0 Å². The number of hydrogen-bond donors (Lipinski definition) is 2. The summed E-state index contributed by atoms with van der Waals surface area (Å²) >= 11 is 0. The summed E-state index contributed by atoms with van der Waals surface area (Å²) in [5.41, 5.74) is 0.989. The Labute approximate surface area is 119 Å². The summed E-state index contributed by atoms with van der Waals surface area (Å²) in [5.74, 6) is 0.372. The third kappa shape index (κ3) is 2.65. The lowest BCUT2D eigenvalue weighted by molar-refractivity contribution is -0.0102. The number of ether oxygens (including phenoxy) is 1. The topological polar surface area (TPSA) is 41.5 Å². The molecule has 1 saturated carbocycles. The number of hydrogen-bond acceptors (Lipinski definition) is 3. The zero-order valence-corrected chi connectivity index (χ0v) is 11.8. The van der Waals surface area contributed by atoms with E-state index in [0.717, 1.165) is 30.4 Å². The van der Waals surface area contributed by atoms with E-state index in [9.17, 15) is 5.11 Å². The molecule has 2 aromatic carbocycles. The molecule has 1 aliphatic carbocycles. The van der Waals surface area contributed by atoms with Gasteiger partial charge >= 0.3 is 0 Å². The first-order valence-corrected chi connectivity index (χ1v) is 7.32. The highest BCUT2D eigenvalue weighted by Gasteiger charge is 2.29. The van der Waals surface area contributed by atoms with Crippen LogP contribution in [0.25, 0.3) is 10.8 Å². The van der Waals surface area contributed by atoms with Gasteiger partial charge in [0.1, 0.15) is 5.75 Å². The van der Waals surface area contributed by atoms with Crippen LogP contribution in [0.4, 0.5) is 0 Å². The Bertz CT molecular complexity index is 591. The monoisotopic (exact) mass is 271 g/mol. The van der Waals surface area contributed by atoms with Gasteiger partial charge in [-0.3, -0.25) is 0 Å². The molecular formula is C17H21NO2. The maximum absolute atomic E-state index is 10.1. The van der Waals surface area contributed by atoms with Crippen molar-refractivity contribution >= 4 is 10.8 Å². The summed E-state index contributed by atoms with van der Waals surface area (Å²) in [6.07, 6.45) is 2.55. The molecule has 106 valence electrons. The molecule has 0 aliphatic heterocycles. The number of benzene rings is 2. The van der Waals surface area contributed by atoms with E-state index in [1.165, 1.54) is 5.39 Å². The number of aromatic hydroxyl groups is 1. The number of fused-ring (bicyclic) bond motifs is 1. The van der Waals surface area contributed by atoms with Crippen LogP contribution >= 0.6 is 0 Å². The standard InChI is InChI=1S/C17H21NO2/c1-2-20-14-9-13(10-14)18-11-16-15-6-4-3-5-12(15)7-8-17(16)19/h3-8,13-14,18-19H,2,9-11H2,1H3. The fourth-order valence-corrected chi connectivity index (χ4v) is 2.86. The predicted molar refractivity (Wildman–Crippen MR) is 80.9 cm³/mol. The van der Waals surface area contributed by atoms with Gasteiger partial charge in [0.05, 0.1) is 6.10 Å². The van der Waals surface area contributed by atoms with Crippen molar-refractivity contribution in [3.8, 4) is 5.75 Å². The molecule has 0 bridgehead atoms. The van der Waals surface area contributed by atoms with Gasteiger partial charge in [0, 0.05) is 24.8 Å². The molecule has 0 atom stereocenters. The molecule has 20 heavy (non-hydrogen) atoms. The molecule has 0 spiro atoms. The van der Waals surface area contributed by atoms with Crippen molar-refractivity contribution in [3.63, 3.8) is 0 Å². The van der Waals surface area contributed by atoms with Gasteiger partial charge in [-0.15, -0.1) is 0 Å². The van der Waals surface area contributed by atoms with E-state index < -0.39 is 0 Å². The van der Waals surface area contributed by atoms with Crippen molar-refractivity contribution in [1.82, 2.24) is 5.32 Å². The molecule has 2 N–H and O–H groups in total. The Morgan fingerprint density at radius 1 is 1.20 bits per heavy atom. The molecule has 0 amide bonds. The molecule has 0 unspecified atom stereocenters. The third-order valence-electron chi connectivity index (χ3n) is 4.08. The van der Waals surface area contributed by atoms with Crippen LogP contribution in [-0.2, 0) is 11.3 Å². The van der Waals surface area contributed by atoms with Crippen LogP contribution in [0.3, 0.4) is 0 Å². The smallest absolute Gasteiger partial charge is 0.120 e. The molecule has 0 heterocycles. The highest BCUT2D eigenvalue weighted by atomic mass is 16.5. The molecule has 0 saturated heterocycles. The lowest BCUT2D eigenvalue weighted by Gasteiger charge is -2.35. The minimum absolute atomic E-state index is 0.372. The van der Waals surface area contributed by atoms with Crippen molar-refractivity contribution in [2.75, 3.05) is 6.61 Å². The second-order valence-electron chi connectivity index (χ2n) is 5.41. The lowest BCUT2D eigenvalue weighted by Crippen LogP contribution is -2.45. The van der Waals surface area contributed by atoms with Gasteiger partial charge in [0.25, 0.3) is 0 Å². The molecular weight excluding hydrogens is 250 g/mol. The number of rotatable bonds is 5. The molecule has 1 aliphatic rings. The van der Waals surface area contributed by atoms with E-state index in [-0.39, 0.29) is 0 Å². The summed E-state index contributed by atoms with van der Waals surface area (Å²) in [5, 5.41) is 15.9. The minimum atomic E-state index is 0.372. The summed E-state index contributed by atoms with van der Waals surface area (Å²) in [6, 6.07) is 12.4. The van der Waals surface area contributed by atoms with Crippen molar-refractivity contribution in [2.45, 2.75) is 38.5 Å². The van der Waals surface area contributed by atoms with Crippen LogP contribution in [0.5, 0.6) is 5.75 Å². The fourth-order valence-electron chi connectivity index (χ4n) is 2.86. The first kappa shape index (κ1) is 13.4. The summed E-state index contributed by atoms with van der Waals surface area (Å²) < 4.78 is 5.56. The Balaban J connectivity index is 1.67. The van der Waals surface area contributed by atoms with Crippen molar-refractivity contribution in [3.05, 3.63) is 42.0 Å². The number of phenolic OH excluding ortho intramolecular Hbond substituents is 1. The SMILES string of the molecule is CCOC1CC(NCc2c(O)ccc3ccccc23)C1. The van der Waals surface area contributed by atoms with Gasteiger partial charge in [0.15, 0.2) is 0 Å². The molecule has 1 fully saturated rings. The van der Waals surface area contributed by atoms with Crippen LogP contribution in [0.15, 0.2) is 36.4 Å². The van der Waals surface area contributed by atoms with Gasteiger partial charge < -0.3 is 15.2 Å². The average Bonchev–Trinajstić information content (AvgIpc) is 2.43. The average molecular weight is 271 g/mol. The Morgan fingerprint density at radius 3 is 2.80 bits per heavy atom. The molecule has 0 aromatic heterocycles. The molecule has 3 nitrogen and oxygen atoms in total. The quantitative estimate of drug-likeness (QED) is 0.877. The fraction of sp³-hybridized carbons (Fsp3) is 0.412. The maximum Gasteiger partial charge on any atom is 0.120 e. The van der Waals surface area contributed by atoms with Gasteiger partial charge in [-0.1, -0.05) is 30.3 Å². The first-order chi connectivity index (χ1) is 9.78. The maximum atomic E-state index is 10.1. The van der Waals surface area contributed by atoms with Crippen LogP contribution in [0.2, 0.25) is 0 Å². The van der Waals surface area contributed by atoms with Crippen LogP contribution < -0.4 is 5.32 Å². The third-order valence-corrected chi connectivity index (χ3v) is 4.08. The van der Waals surface area contributed by atoms with E-state index in [2.05, 4.69) is 17.4 Å². The molecule has 0 radical (unpaired) electrons. The van der Waals surface area contributed by atoms with Gasteiger partial charge in [-0.25, -0.2) is 0 Å². The van der Waals surface area contributed by atoms with Crippen molar-refractivity contribution < 1.29 is 9.84 Å². The largest absolute Gasteiger partial charge is 0.508 e. The second-order valence-corrected chi connectivity index (χ2v) is 5.41. The normalized spacial score (nSPS) is 21.9.